The van der Waals surface area contributed by atoms with Crippen LogP contribution in [0.4, 0.5) is 22.7 Å². The Bertz CT molecular complexity index is 2780. The van der Waals surface area contributed by atoms with E-state index in [0.29, 0.717) is 29.3 Å². The SMILES string of the molecule is COc1ccc(C=Nc2ccc(C)cc2O)cc1.COc1ccc(C=Nc2ccc(C)cc2O)cc1.COc1ccc(C=Nc2ccc(C)cc2O)cc1.COc1ccc(C[N-]c2ccc(C)cc2O)cc1.[Zr]. The topological polar surface area (TPSA) is 169 Å². The van der Waals surface area contributed by atoms with Crippen molar-refractivity contribution in [2.45, 2.75) is 34.2 Å². The van der Waals surface area contributed by atoms with E-state index in [9.17, 15) is 20.4 Å². The Morgan fingerprint density at radius 3 is 0.918 bits per heavy atom. The summed E-state index contributed by atoms with van der Waals surface area (Å²) in [5.74, 6) is 4.07. The number of ether oxygens (including phenoxy) is 4. The zero-order chi connectivity index (χ0) is 51.8. The van der Waals surface area contributed by atoms with E-state index in [1.165, 1.54) is 0 Å². The van der Waals surface area contributed by atoms with Gasteiger partial charge in [-0.15, -0.1) is 6.54 Å². The molecule has 0 aliphatic heterocycles. The van der Waals surface area contributed by atoms with Crippen LogP contribution in [0.25, 0.3) is 5.32 Å². The van der Waals surface area contributed by atoms with Crippen LogP contribution in [0.3, 0.4) is 0 Å². The van der Waals surface area contributed by atoms with E-state index in [1.807, 2.05) is 155 Å². The maximum atomic E-state index is 9.74. The van der Waals surface area contributed by atoms with Gasteiger partial charge in [0.25, 0.3) is 0 Å². The molecule has 0 aromatic heterocycles. The van der Waals surface area contributed by atoms with Crippen molar-refractivity contribution in [2.24, 2.45) is 15.0 Å². The van der Waals surface area contributed by atoms with Crippen molar-refractivity contribution in [3.05, 3.63) is 220 Å². The summed E-state index contributed by atoms with van der Waals surface area (Å²) in [7, 11) is 6.54. The van der Waals surface area contributed by atoms with Crippen molar-refractivity contribution in [1.82, 2.24) is 0 Å². The van der Waals surface area contributed by atoms with Gasteiger partial charge in [0.2, 0.25) is 0 Å². The number of benzene rings is 8. The van der Waals surface area contributed by atoms with Gasteiger partial charge in [0.05, 0.1) is 28.4 Å². The molecule has 8 aromatic rings. The van der Waals surface area contributed by atoms with Crippen molar-refractivity contribution in [2.75, 3.05) is 28.4 Å². The molecule has 12 nitrogen and oxygen atoms in total. The van der Waals surface area contributed by atoms with E-state index in [1.54, 1.807) is 89.5 Å². The molecule has 4 N–H and O–H groups in total. The third-order valence-electron chi connectivity index (χ3n) is 10.5. The van der Waals surface area contributed by atoms with E-state index in [4.69, 9.17) is 18.9 Å². The van der Waals surface area contributed by atoms with Gasteiger partial charge in [-0.3, -0.25) is 15.0 Å². The summed E-state index contributed by atoms with van der Waals surface area (Å²) < 4.78 is 20.3. The van der Waals surface area contributed by atoms with E-state index in [0.717, 1.165) is 67.5 Å². The Labute approximate surface area is 447 Å². The molecule has 0 fully saturated rings. The van der Waals surface area contributed by atoms with Gasteiger partial charge in [-0.2, -0.15) is 0 Å². The number of aromatic hydroxyl groups is 4. The van der Waals surface area contributed by atoms with Gasteiger partial charge in [0.1, 0.15) is 63.1 Å². The third kappa shape index (κ3) is 19.5. The Balaban J connectivity index is 0.000000210. The summed E-state index contributed by atoms with van der Waals surface area (Å²) in [5, 5.41) is 43.3. The zero-order valence-corrected chi connectivity index (χ0v) is 44.8. The first-order chi connectivity index (χ1) is 34.7. The van der Waals surface area contributed by atoms with Crippen molar-refractivity contribution in [1.29, 1.82) is 0 Å². The van der Waals surface area contributed by atoms with Crippen LogP contribution < -0.4 is 18.9 Å². The minimum absolute atomic E-state index is 0. The molecule has 0 aliphatic carbocycles. The molecular formula is C60H61N4O8Zr-. The quantitative estimate of drug-likeness (QED) is 0.0827. The second kappa shape index (κ2) is 29.9. The number of aryl methyl sites for hydroxylation is 4. The molecule has 0 atom stereocenters. The predicted molar refractivity (Wildman–Crippen MR) is 292 cm³/mol. The number of methoxy groups -OCH3 is 4. The fourth-order valence-corrected chi connectivity index (χ4v) is 6.40. The Kier molecular flexibility index (Phi) is 23.5. The molecule has 0 unspecified atom stereocenters. The summed E-state index contributed by atoms with van der Waals surface area (Å²) >= 11 is 0. The molecule has 0 bridgehead atoms. The first-order valence-corrected chi connectivity index (χ1v) is 22.8. The van der Waals surface area contributed by atoms with Crippen LogP contribution in [0.1, 0.15) is 44.5 Å². The van der Waals surface area contributed by atoms with Crippen LogP contribution in [0.5, 0.6) is 46.0 Å². The molecule has 0 heterocycles. The van der Waals surface area contributed by atoms with Crippen LogP contribution >= 0.6 is 0 Å². The molecule has 73 heavy (non-hydrogen) atoms. The number of aliphatic imine (C=N–C) groups is 3. The minimum Gasteiger partial charge on any atom is -0.678 e. The van der Waals surface area contributed by atoms with Crippen molar-refractivity contribution in [3.63, 3.8) is 0 Å². The second-order valence-corrected chi connectivity index (χ2v) is 16.2. The molecule has 8 aromatic carbocycles. The minimum atomic E-state index is 0. The molecule has 13 heteroatoms. The number of hydrogen-bond donors (Lipinski definition) is 4. The Hall–Kier alpha value is -8.15. The van der Waals surface area contributed by atoms with Gasteiger partial charge in [-0.05, 0) is 194 Å². The van der Waals surface area contributed by atoms with E-state index < -0.39 is 0 Å². The molecule has 0 aliphatic rings. The standard InChI is InChI=1S/C15H16NO2.3C15H15NO2.Zr/c4*1-11-3-8-14(15(17)9-11)16-10-12-4-6-13(18-2)7-5-12;/h3-9,17H,10H2,1-2H3;3*3-10,17H,1-2H3;/q-1;;;;. The first kappa shape index (κ1) is 57.4. The summed E-state index contributed by atoms with van der Waals surface area (Å²) in [4.78, 5) is 12.8. The van der Waals surface area contributed by atoms with Gasteiger partial charge in [-0.1, -0.05) is 53.7 Å². The summed E-state index contributed by atoms with van der Waals surface area (Å²) in [5.41, 5.74) is 10.3. The normalized spacial score (nSPS) is 10.5. The number of rotatable bonds is 13. The van der Waals surface area contributed by atoms with Crippen molar-refractivity contribution >= 4 is 41.4 Å². The van der Waals surface area contributed by atoms with Gasteiger partial charge >= 0.3 is 0 Å². The average molecular weight is 1060 g/mol. The van der Waals surface area contributed by atoms with Gasteiger partial charge in [0.15, 0.2) is 0 Å². The molecular weight excluding hydrogens is 996 g/mol. The maximum Gasteiger partial charge on any atom is 0.141 e. The molecule has 0 saturated carbocycles. The van der Waals surface area contributed by atoms with E-state index in [-0.39, 0.29) is 49.2 Å². The van der Waals surface area contributed by atoms with Crippen LogP contribution in [-0.2, 0) is 32.7 Å². The van der Waals surface area contributed by atoms with Crippen molar-refractivity contribution < 1.29 is 65.6 Å². The molecule has 0 saturated heterocycles. The van der Waals surface area contributed by atoms with E-state index >= 15 is 0 Å². The second-order valence-electron chi connectivity index (χ2n) is 16.2. The summed E-state index contributed by atoms with van der Waals surface area (Å²) in [6, 6.07) is 52.1. The van der Waals surface area contributed by atoms with Crippen molar-refractivity contribution in [3.8, 4) is 46.0 Å². The molecule has 0 spiro atoms. The Morgan fingerprint density at radius 1 is 0.370 bits per heavy atom. The number of phenols is 4. The van der Waals surface area contributed by atoms with Gasteiger partial charge in [-0.25, -0.2) is 0 Å². The largest absolute Gasteiger partial charge is 0.678 e. The van der Waals surface area contributed by atoms with Gasteiger partial charge in [0, 0.05) is 44.8 Å². The zero-order valence-electron chi connectivity index (χ0n) is 42.3. The van der Waals surface area contributed by atoms with E-state index in [2.05, 4.69) is 20.3 Å². The van der Waals surface area contributed by atoms with Crippen LogP contribution in [-0.4, -0.2) is 67.5 Å². The van der Waals surface area contributed by atoms with Crippen LogP contribution in [0, 0.1) is 27.7 Å². The fraction of sp³-hybridized carbons (Fsp3) is 0.150. The Morgan fingerprint density at radius 2 is 0.644 bits per heavy atom. The molecule has 374 valence electrons. The summed E-state index contributed by atoms with van der Waals surface area (Å²) in [6.07, 6.45) is 5.14. The number of phenolic OH excluding ortho intramolecular Hbond substituents is 4. The fourth-order valence-electron chi connectivity index (χ4n) is 6.40. The van der Waals surface area contributed by atoms with Crippen LogP contribution in [0.15, 0.2) is 185 Å². The average Bonchev–Trinajstić information content (AvgIpc) is 3.39. The summed E-state index contributed by atoms with van der Waals surface area (Å²) in [6.45, 7) is 8.26. The maximum absolute atomic E-state index is 9.74. The smallest absolute Gasteiger partial charge is 0.141 e. The predicted octanol–water partition coefficient (Wildman–Crippen LogP) is 14.3. The molecule has 0 radical (unpaired) electrons. The monoisotopic (exact) mass is 1060 g/mol. The molecule has 8 rings (SSSR count). The van der Waals surface area contributed by atoms with Gasteiger partial charge < -0.3 is 44.7 Å². The molecule has 0 amide bonds. The number of hydrogen-bond acceptors (Lipinski definition) is 11. The first-order valence-electron chi connectivity index (χ1n) is 22.8. The number of nitrogens with zero attached hydrogens (tertiary/aromatic N) is 4. The third-order valence-corrected chi connectivity index (χ3v) is 10.5. The van der Waals surface area contributed by atoms with Crippen LogP contribution in [0.2, 0.25) is 0 Å².